The van der Waals surface area contributed by atoms with Gasteiger partial charge >= 0.3 is 0 Å². The molecule has 0 aliphatic carbocycles. The topological polar surface area (TPSA) is 110 Å². The van der Waals surface area contributed by atoms with E-state index in [1.165, 1.54) is 18.2 Å². The average molecular weight is 267 g/mol. The van der Waals surface area contributed by atoms with E-state index in [9.17, 15) is 20.0 Å². The lowest BCUT2D eigenvalue weighted by molar-refractivity contribution is -0.384. The standard InChI is InChI=1S/C12H17N3O4/c1-8(16)5-6-14(2)11-7-9(12(13)17)3-4-10(11)15(18)19/h3-4,7-8,16H,5-6H2,1-2H3,(H2,13,17). The van der Waals surface area contributed by atoms with E-state index in [0.717, 1.165) is 0 Å². The summed E-state index contributed by atoms with van der Waals surface area (Å²) >= 11 is 0. The number of benzene rings is 1. The summed E-state index contributed by atoms with van der Waals surface area (Å²) in [5.41, 5.74) is 5.58. The van der Waals surface area contributed by atoms with Crippen molar-refractivity contribution in [3.05, 3.63) is 33.9 Å². The molecule has 1 unspecified atom stereocenters. The molecule has 0 aromatic heterocycles. The van der Waals surface area contributed by atoms with Crippen LogP contribution in [0.25, 0.3) is 0 Å². The van der Waals surface area contributed by atoms with Crippen molar-refractivity contribution in [3.8, 4) is 0 Å². The number of carbonyl (C=O) groups excluding carboxylic acids is 1. The Balaban J connectivity index is 3.09. The molecule has 1 atom stereocenters. The normalized spacial score (nSPS) is 11.9. The molecule has 1 aromatic rings. The van der Waals surface area contributed by atoms with E-state index in [1.54, 1.807) is 18.9 Å². The molecule has 0 aliphatic rings. The number of aliphatic hydroxyl groups is 1. The van der Waals surface area contributed by atoms with Crippen LogP contribution in [0.15, 0.2) is 18.2 Å². The molecule has 0 saturated carbocycles. The average Bonchev–Trinajstić information content (AvgIpc) is 2.34. The second-order valence-electron chi connectivity index (χ2n) is 4.38. The van der Waals surface area contributed by atoms with E-state index in [0.29, 0.717) is 18.7 Å². The molecule has 0 spiro atoms. The van der Waals surface area contributed by atoms with Crippen LogP contribution in [0.4, 0.5) is 11.4 Å². The zero-order valence-electron chi connectivity index (χ0n) is 10.9. The van der Waals surface area contributed by atoms with Gasteiger partial charge in [-0.15, -0.1) is 0 Å². The maximum atomic E-state index is 11.1. The van der Waals surface area contributed by atoms with Crippen LogP contribution in [-0.2, 0) is 0 Å². The molecule has 0 bridgehead atoms. The van der Waals surface area contributed by atoms with Gasteiger partial charge in [-0.05, 0) is 25.5 Å². The minimum atomic E-state index is -0.639. The smallest absolute Gasteiger partial charge is 0.292 e. The van der Waals surface area contributed by atoms with Crippen molar-refractivity contribution in [2.45, 2.75) is 19.4 Å². The first-order valence-electron chi connectivity index (χ1n) is 5.80. The second kappa shape index (κ2) is 6.14. The van der Waals surface area contributed by atoms with Gasteiger partial charge in [-0.25, -0.2) is 0 Å². The van der Waals surface area contributed by atoms with Gasteiger partial charge in [0.15, 0.2) is 0 Å². The number of rotatable bonds is 6. The maximum absolute atomic E-state index is 11.1. The van der Waals surface area contributed by atoms with Gasteiger partial charge in [0, 0.05) is 25.2 Å². The SMILES string of the molecule is CC(O)CCN(C)c1cc(C(N)=O)ccc1[N+](=O)[O-]. The molecule has 0 heterocycles. The number of amides is 1. The van der Waals surface area contributed by atoms with Gasteiger partial charge in [-0.2, -0.15) is 0 Å². The summed E-state index contributed by atoms with van der Waals surface area (Å²) in [6.45, 7) is 2.07. The number of nitro groups is 1. The van der Waals surface area contributed by atoms with Crippen LogP contribution in [0.5, 0.6) is 0 Å². The fourth-order valence-corrected chi connectivity index (χ4v) is 1.64. The number of hydrogen-bond acceptors (Lipinski definition) is 5. The predicted octanol–water partition coefficient (Wildman–Crippen LogP) is 0.901. The Morgan fingerprint density at radius 1 is 1.58 bits per heavy atom. The number of primary amides is 1. The third kappa shape index (κ3) is 3.92. The third-order valence-corrected chi connectivity index (χ3v) is 2.75. The Morgan fingerprint density at radius 3 is 2.68 bits per heavy atom. The lowest BCUT2D eigenvalue weighted by Gasteiger charge is -2.20. The van der Waals surface area contributed by atoms with Gasteiger partial charge in [-0.3, -0.25) is 14.9 Å². The monoisotopic (exact) mass is 267 g/mol. The molecular formula is C12H17N3O4. The van der Waals surface area contributed by atoms with Crippen molar-refractivity contribution in [1.82, 2.24) is 0 Å². The van der Waals surface area contributed by atoms with Crippen molar-refractivity contribution in [3.63, 3.8) is 0 Å². The zero-order chi connectivity index (χ0) is 14.6. The van der Waals surface area contributed by atoms with Crippen molar-refractivity contribution >= 4 is 17.3 Å². The summed E-state index contributed by atoms with van der Waals surface area (Å²) in [4.78, 5) is 23.2. The third-order valence-electron chi connectivity index (χ3n) is 2.75. The van der Waals surface area contributed by atoms with Gasteiger partial charge < -0.3 is 15.7 Å². The van der Waals surface area contributed by atoms with Gasteiger partial charge in [0.05, 0.1) is 11.0 Å². The molecule has 0 saturated heterocycles. The number of aliphatic hydroxyl groups excluding tert-OH is 1. The molecule has 3 N–H and O–H groups in total. The number of hydrogen-bond donors (Lipinski definition) is 2. The molecule has 7 nitrogen and oxygen atoms in total. The van der Waals surface area contributed by atoms with E-state index in [2.05, 4.69) is 0 Å². The van der Waals surface area contributed by atoms with Crippen LogP contribution in [0.3, 0.4) is 0 Å². The second-order valence-corrected chi connectivity index (χ2v) is 4.38. The van der Waals surface area contributed by atoms with Gasteiger partial charge in [0.2, 0.25) is 5.91 Å². The summed E-state index contributed by atoms with van der Waals surface area (Å²) in [6, 6.07) is 3.98. The summed E-state index contributed by atoms with van der Waals surface area (Å²) < 4.78 is 0. The van der Waals surface area contributed by atoms with Gasteiger partial charge in [-0.1, -0.05) is 0 Å². The molecule has 1 aromatic carbocycles. The van der Waals surface area contributed by atoms with E-state index >= 15 is 0 Å². The molecule has 1 amide bonds. The molecule has 1 rings (SSSR count). The van der Waals surface area contributed by atoms with E-state index in [4.69, 9.17) is 5.73 Å². The maximum Gasteiger partial charge on any atom is 0.292 e. The molecule has 0 radical (unpaired) electrons. The molecule has 7 heteroatoms. The summed E-state index contributed by atoms with van der Waals surface area (Å²) in [5.74, 6) is -0.639. The van der Waals surface area contributed by atoms with Crippen LogP contribution in [0, 0.1) is 10.1 Å². The predicted molar refractivity (Wildman–Crippen MR) is 71.2 cm³/mol. The highest BCUT2D eigenvalue weighted by Crippen LogP contribution is 2.28. The van der Waals surface area contributed by atoms with Crippen LogP contribution in [0.1, 0.15) is 23.7 Å². The van der Waals surface area contributed by atoms with Gasteiger partial charge in [0.25, 0.3) is 5.69 Å². The Bertz CT molecular complexity index is 488. The first-order valence-corrected chi connectivity index (χ1v) is 5.80. The molecule has 104 valence electrons. The number of nitrogens with two attached hydrogens (primary N) is 1. The fourth-order valence-electron chi connectivity index (χ4n) is 1.64. The molecule has 19 heavy (non-hydrogen) atoms. The van der Waals surface area contributed by atoms with E-state index in [1.807, 2.05) is 0 Å². The lowest BCUT2D eigenvalue weighted by Crippen LogP contribution is -2.23. The Kier molecular flexibility index (Phi) is 4.82. The minimum absolute atomic E-state index is 0.0990. The molecule has 0 fully saturated rings. The van der Waals surface area contributed by atoms with Crippen molar-refractivity contribution < 1.29 is 14.8 Å². The van der Waals surface area contributed by atoms with Crippen LogP contribution < -0.4 is 10.6 Å². The summed E-state index contributed by atoms with van der Waals surface area (Å²) in [7, 11) is 1.66. The summed E-state index contributed by atoms with van der Waals surface area (Å²) in [6.07, 6.45) is -0.0325. The first kappa shape index (κ1) is 14.9. The minimum Gasteiger partial charge on any atom is -0.393 e. The lowest BCUT2D eigenvalue weighted by atomic mass is 10.1. The van der Waals surface area contributed by atoms with Crippen LogP contribution in [0.2, 0.25) is 0 Å². The summed E-state index contributed by atoms with van der Waals surface area (Å²) in [5, 5.41) is 20.2. The highest BCUT2D eigenvalue weighted by Gasteiger charge is 2.19. The van der Waals surface area contributed by atoms with Crippen LogP contribution >= 0.6 is 0 Å². The number of nitrogens with zero attached hydrogens (tertiary/aromatic N) is 2. The van der Waals surface area contributed by atoms with E-state index < -0.39 is 16.9 Å². The highest BCUT2D eigenvalue weighted by atomic mass is 16.6. The van der Waals surface area contributed by atoms with Crippen molar-refractivity contribution in [1.29, 1.82) is 0 Å². The Hall–Kier alpha value is -2.15. The zero-order valence-corrected chi connectivity index (χ0v) is 10.9. The number of anilines is 1. The number of carbonyl (C=O) groups is 1. The quantitative estimate of drug-likeness (QED) is 0.587. The van der Waals surface area contributed by atoms with Crippen molar-refractivity contribution in [2.24, 2.45) is 5.73 Å². The largest absolute Gasteiger partial charge is 0.393 e. The Morgan fingerprint density at radius 2 is 2.21 bits per heavy atom. The van der Waals surface area contributed by atoms with Gasteiger partial charge in [0.1, 0.15) is 5.69 Å². The van der Waals surface area contributed by atoms with Crippen molar-refractivity contribution in [2.75, 3.05) is 18.5 Å². The highest BCUT2D eigenvalue weighted by molar-refractivity contribution is 5.94. The number of nitro benzene ring substituents is 1. The Labute approximate surface area is 110 Å². The van der Waals surface area contributed by atoms with E-state index in [-0.39, 0.29) is 11.3 Å². The van der Waals surface area contributed by atoms with Crippen LogP contribution in [-0.4, -0.2) is 35.6 Å². The molecular weight excluding hydrogens is 250 g/mol. The molecule has 0 aliphatic heterocycles. The first-order chi connectivity index (χ1) is 8.82. The fraction of sp³-hybridized carbons (Fsp3) is 0.417.